The van der Waals surface area contributed by atoms with Crippen LogP contribution >= 0.6 is 11.6 Å². The lowest BCUT2D eigenvalue weighted by molar-refractivity contribution is -0.138. The van der Waals surface area contributed by atoms with E-state index in [1.54, 1.807) is 17.0 Å². The van der Waals surface area contributed by atoms with Crippen LogP contribution in [-0.2, 0) is 14.3 Å². The molecule has 1 aromatic carbocycles. The largest absolute Gasteiger partial charge is 0.381 e. The highest BCUT2D eigenvalue weighted by molar-refractivity contribution is 6.31. The van der Waals surface area contributed by atoms with Gasteiger partial charge in [0.1, 0.15) is 6.04 Å². The average molecular weight is 352 g/mol. The van der Waals surface area contributed by atoms with Gasteiger partial charge in [0.05, 0.1) is 5.41 Å². The van der Waals surface area contributed by atoms with Gasteiger partial charge in [0.2, 0.25) is 11.8 Å². The molecule has 1 unspecified atom stereocenters. The van der Waals surface area contributed by atoms with Gasteiger partial charge in [0.15, 0.2) is 0 Å². The van der Waals surface area contributed by atoms with Gasteiger partial charge in [-0.05, 0) is 37.5 Å². The quantitative estimate of drug-likeness (QED) is 0.856. The molecule has 3 N–H and O–H groups in total. The number of nitrogens with one attached hydrogen (secondary N) is 1. The molecule has 1 aromatic rings. The van der Waals surface area contributed by atoms with E-state index in [0.717, 1.165) is 5.69 Å². The van der Waals surface area contributed by atoms with E-state index in [4.69, 9.17) is 22.1 Å². The van der Waals surface area contributed by atoms with Gasteiger partial charge in [-0.2, -0.15) is 0 Å². The molecule has 0 saturated carbocycles. The van der Waals surface area contributed by atoms with Crippen molar-refractivity contribution in [2.45, 2.75) is 25.3 Å². The Balaban J connectivity index is 1.68. The fourth-order valence-electron chi connectivity index (χ4n) is 3.31. The van der Waals surface area contributed by atoms with Crippen LogP contribution < -0.4 is 16.0 Å². The molecule has 1 atom stereocenters. The fourth-order valence-corrected chi connectivity index (χ4v) is 3.50. The van der Waals surface area contributed by atoms with E-state index in [9.17, 15) is 9.59 Å². The van der Waals surface area contributed by atoms with Crippen LogP contribution in [-0.4, -0.2) is 44.2 Å². The first kappa shape index (κ1) is 17.2. The minimum atomic E-state index is -0.623. The second kappa shape index (κ2) is 7.09. The van der Waals surface area contributed by atoms with Crippen LogP contribution in [0.4, 0.5) is 5.69 Å². The molecule has 2 aliphatic rings. The van der Waals surface area contributed by atoms with Crippen molar-refractivity contribution in [3.63, 3.8) is 0 Å². The minimum absolute atomic E-state index is 0.107. The summed E-state index contributed by atoms with van der Waals surface area (Å²) in [5.41, 5.74) is 5.99. The Kier molecular flexibility index (Phi) is 5.08. The number of halogens is 1. The van der Waals surface area contributed by atoms with Crippen LogP contribution in [0.1, 0.15) is 19.3 Å². The summed E-state index contributed by atoms with van der Waals surface area (Å²) in [5.74, 6) is -0.246. The van der Waals surface area contributed by atoms with Crippen LogP contribution in [0, 0.1) is 5.41 Å². The van der Waals surface area contributed by atoms with Crippen molar-refractivity contribution in [1.82, 2.24) is 5.32 Å². The molecule has 2 fully saturated rings. The molecule has 2 aliphatic heterocycles. The second-order valence-corrected chi connectivity index (χ2v) is 6.82. The molecule has 0 aromatic heterocycles. The highest BCUT2D eigenvalue weighted by Gasteiger charge is 2.42. The van der Waals surface area contributed by atoms with E-state index in [0.29, 0.717) is 44.0 Å². The third-order valence-electron chi connectivity index (χ3n) is 4.95. The van der Waals surface area contributed by atoms with Crippen molar-refractivity contribution in [2.75, 3.05) is 31.2 Å². The van der Waals surface area contributed by atoms with Gasteiger partial charge in [-0.15, -0.1) is 0 Å². The maximum absolute atomic E-state index is 12.7. The summed E-state index contributed by atoms with van der Waals surface area (Å²) < 4.78 is 5.33. The van der Waals surface area contributed by atoms with E-state index in [1.807, 2.05) is 12.1 Å². The van der Waals surface area contributed by atoms with Gasteiger partial charge in [-0.3, -0.25) is 9.59 Å². The molecule has 7 heteroatoms. The summed E-state index contributed by atoms with van der Waals surface area (Å²) in [6.45, 7) is 1.87. The summed E-state index contributed by atoms with van der Waals surface area (Å²) in [7, 11) is 0. The van der Waals surface area contributed by atoms with Crippen molar-refractivity contribution in [3.05, 3.63) is 29.3 Å². The predicted octanol–water partition coefficient (Wildman–Crippen LogP) is 1.32. The molecule has 0 aliphatic carbocycles. The van der Waals surface area contributed by atoms with Crippen LogP contribution in [0.5, 0.6) is 0 Å². The number of carbonyl (C=O) groups is 2. The van der Waals surface area contributed by atoms with Crippen LogP contribution in [0.3, 0.4) is 0 Å². The third-order valence-corrected chi connectivity index (χ3v) is 5.19. The number of nitrogens with zero attached hydrogens (tertiary/aromatic N) is 1. The SMILES string of the molecule is NCC1(C(=O)NC2CCN(c3cccc(Cl)c3)C2=O)CCOCC1. The first-order valence-corrected chi connectivity index (χ1v) is 8.59. The summed E-state index contributed by atoms with van der Waals surface area (Å²) >= 11 is 6.00. The van der Waals surface area contributed by atoms with Gasteiger partial charge >= 0.3 is 0 Å². The highest BCUT2D eigenvalue weighted by atomic mass is 35.5. The number of ether oxygens (including phenoxy) is 1. The zero-order chi connectivity index (χ0) is 17.2. The van der Waals surface area contributed by atoms with Crippen molar-refractivity contribution in [3.8, 4) is 0 Å². The minimum Gasteiger partial charge on any atom is -0.381 e. The Morgan fingerprint density at radius 1 is 1.42 bits per heavy atom. The number of rotatable bonds is 4. The summed E-state index contributed by atoms with van der Waals surface area (Å²) in [6.07, 6.45) is 1.76. The van der Waals surface area contributed by atoms with Crippen LogP contribution in [0.15, 0.2) is 24.3 Å². The van der Waals surface area contributed by atoms with Crippen molar-refractivity contribution < 1.29 is 14.3 Å². The maximum atomic E-state index is 12.7. The van der Waals surface area contributed by atoms with Gasteiger partial charge < -0.3 is 20.7 Å². The number of anilines is 1. The van der Waals surface area contributed by atoms with Gasteiger partial charge in [-0.1, -0.05) is 17.7 Å². The topological polar surface area (TPSA) is 84.7 Å². The summed E-state index contributed by atoms with van der Waals surface area (Å²) in [4.78, 5) is 27.0. The third kappa shape index (κ3) is 3.27. The first-order chi connectivity index (χ1) is 11.6. The van der Waals surface area contributed by atoms with Gasteiger partial charge in [0.25, 0.3) is 0 Å². The molecule has 130 valence electrons. The Bertz CT molecular complexity index is 631. The first-order valence-electron chi connectivity index (χ1n) is 8.21. The number of benzene rings is 1. The van der Waals surface area contributed by atoms with Crippen molar-refractivity contribution in [2.24, 2.45) is 11.1 Å². The molecule has 0 spiro atoms. The van der Waals surface area contributed by atoms with Gasteiger partial charge in [-0.25, -0.2) is 0 Å². The number of hydrogen-bond acceptors (Lipinski definition) is 4. The lowest BCUT2D eigenvalue weighted by atomic mass is 9.79. The predicted molar refractivity (Wildman–Crippen MR) is 91.9 cm³/mol. The molecule has 0 radical (unpaired) electrons. The molecule has 2 heterocycles. The summed E-state index contributed by atoms with van der Waals surface area (Å²) in [5, 5.41) is 3.49. The van der Waals surface area contributed by atoms with E-state index in [2.05, 4.69) is 5.32 Å². The average Bonchev–Trinajstić information content (AvgIpc) is 2.96. The Hall–Kier alpha value is -1.63. The molecule has 2 saturated heterocycles. The maximum Gasteiger partial charge on any atom is 0.249 e. The molecular weight excluding hydrogens is 330 g/mol. The normalized spacial score (nSPS) is 23.3. The lowest BCUT2D eigenvalue weighted by Gasteiger charge is -2.35. The van der Waals surface area contributed by atoms with Crippen LogP contribution in [0.2, 0.25) is 5.02 Å². The second-order valence-electron chi connectivity index (χ2n) is 6.38. The standard InChI is InChI=1S/C17H22ClN3O3/c18-12-2-1-3-13(10-12)21-7-4-14(15(21)22)20-16(23)17(11-19)5-8-24-9-6-17/h1-3,10,14H,4-9,11,19H2,(H,20,23). The number of amides is 2. The molecule has 3 rings (SSSR count). The van der Waals surface area contributed by atoms with Gasteiger partial charge in [0, 0.05) is 37.0 Å². The molecule has 0 bridgehead atoms. The van der Waals surface area contributed by atoms with Crippen molar-refractivity contribution >= 4 is 29.1 Å². The van der Waals surface area contributed by atoms with Crippen LogP contribution in [0.25, 0.3) is 0 Å². The smallest absolute Gasteiger partial charge is 0.249 e. The Morgan fingerprint density at radius 3 is 2.83 bits per heavy atom. The zero-order valence-electron chi connectivity index (χ0n) is 13.5. The zero-order valence-corrected chi connectivity index (χ0v) is 14.2. The highest BCUT2D eigenvalue weighted by Crippen LogP contribution is 2.31. The molecule has 24 heavy (non-hydrogen) atoms. The van der Waals surface area contributed by atoms with E-state index >= 15 is 0 Å². The molecular formula is C17H22ClN3O3. The Labute approximate surface area is 146 Å². The Morgan fingerprint density at radius 2 is 2.17 bits per heavy atom. The number of nitrogens with two attached hydrogens (primary N) is 1. The van der Waals surface area contributed by atoms with Crippen molar-refractivity contribution in [1.29, 1.82) is 0 Å². The summed E-state index contributed by atoms with van der Waals surface area (Å²) in [6, 6.07) is 6.66. The van der Waals surface area contributed by atoms with E-state index < -0.39 is 11.5 Å². The lowest BCUT2D eigenvalue weighted by Crippen LogP contribution is -2.53. The number of carbonyl (C=O) groups excluding carboxylic acids is 2. The molecule has 2 amide bonds. The molecule has 6 nitrogen and oxygen atoms in total. The monoisotopic (exact) mass is 351 g/mol. The van der Waals surface area contributed by atoms with E-state index in [1.165, 1.54) is 0 Å². The number of hydrogen-bond donors (Lipinski definition) is 2. The fraction of sp³-hybridized carbons (Fsp3) is 0.529. The van der Waals surface area contributed by atoms with E-state index in [-0.39, 0.29) is 18.4 Å².